The van der Waals surface area contributed by atoms with Crippen molar-refractivity contribution in [1.29, 1.82) is 0 Å². The van der Waals surface area contributed by atoms with Crippen molar-refractivity contribution in [3.05, 3.63) is 0 Å². The molecule has 61 heavy (non-hydrogen) atoms. The smallest absolute Gasteiger partial charge is 0.305 e. The molecule has 0 bridgehead atoms. The minimum absolute atomic E-state index is 0.0281. The van der Waals surface area contributed by atoms with Crippen LogP contribution in [0.3, 0.4) is 0 Å². The van der Waals surface area contributed by atoms with E-state index in [2.05, 4.69) is 37.5 Å². The fourth-order valence-electron chi connectivity index (χ4n) is 9.21. The zero-order valence-electron chi connectivity index (χ0n) is 41.5. The van der Waals surface area contributed by atoms with Gasteiger partial charge in [0.05, 0.1) is 19.8 Å². The molecule has 0 radical (unpaired) electrons. The third kappa shape index (κ3) is 35.8. The predicted octanol–water partition coefficient (Wildman–Crippen LogP) is 14.8. The summed E-state index contributed by atoms with van der Waals surface area (Å²) in [6.07, 6.45) is 44.7. The summed E-state index contributed by atoms with van der Waals surface area (Å²) in [5, 5.41) is 9.76. The van der Waals surface area contributed by atoms with Gasteiger partial charge in [-0.05, 0) is 89.1 Å². The van der Waals surface area contributed by atoms with Gasteiger partial charge in [0.25, 0.3) is 0 Å². The van der Waals surface area contributed by atoms with Crippen LogP contribution in [0.15, 0.2) is 0 Å². The van der Waals surface area contributed by atoms with Crippen molar-refractivity contribution in [3.63, 3.8) is 0 Å². The van der Waals surface area contributed by atoms with E-state index in [4.69, 9.17) is 9.47 Å². The van der Waals surface area contributed by atoms with Crippen LogP contribution in [0.1, 0.15) is 265 Å². The molecule has 1 saturated carbocycles. The second-order valence-electron chi connectivity index (χ2n) is 19.4. The molecule has 0 amide bonds. The van der Waals surface area contributed by atoms with Gasteiger partial charge in [-0.25, -0.2) is 0 Å². The van der Waals surface area contributed by atoms with E-state index in [9.17, 15) is 14.7 Å². The fourth-order valence-corrected chi connectivity index (χ4v) is 9.21. The summed E-state index contributed by atoms with van der Waals surface area (Å²) in [7, 11) is 0. The molecule has 1 aliphatic rings. The average Bonchev–Trinajstić information content (AvgIpc) is 3.24. The van der Waals surface area contributed by atoms with Crippen molar-refractivity contribution in [3.8, 4) is 0 Å². The molecule has 0 heterocycles. The van der Waals surface area contributed by atoms with Crippen LogP contribution in [-0.2, 0) is 19.1 Å². The van der Waals surface area contributed by atoms with Crippen LogP contribution in [-0.4, -0.2) is 85.4 Å². The number of hydrogen-bond acceptors (Lipinski definition) is 7. The monoisotopic (exact) mass is 863 g/mol. The second kappa shape index (κ2) is 44.0. The van der Waals surface area contributed by atoms with Gasteiger partial charge in [0.1, 0.15) is 0 Å². The molecule has 0 aromatic rings. The Morgan fingerprint density at radius 1 is 0.459 bits per heavy atom. The number of carbonyl (C=O) groups excluding carboxylic acids is 2. The lowest BCUT2D eigenvalue weighted by atomic mass is 9.91. The van der Waals surface area contributed by atoms with Crippen LogP contribution in [0.4, 0.5) is 0 Å². The average molecular weight is 863 g/mol. The molecule has 7 heteroatoms. The normalized spacial score (nSPS) is 14.1. The van der Waals surface area contributed by atoms with Crippen LogP contribution in [0.2, 0.25) is 0 Å². The lowest BCUT2D eigenvalue weighted by Gasteiger charge is -2.38. The summed E-state index contributed by atoms with van der Waals surface area (Å²) in [4.78, 5) is 30.9. The molecule has 362 valence electrons. The SMILES string of the molecule is CCCCCCCCCCC(CCCCCC)COC(=O)CCCCN(CCCCC(=O)OCC(CCCCCC)CCCCCCCCCC)CCN(CCO)C1CCC1. The molecular formula is C54H106N2O5. The Morgan fingerprint density at radius 3 is 1.16 bits per heavy atom. The number of carbonyl (C=O) groups is 2. The molecule has 7 nitrogen and oxygen atoms in total. The van der Waals surface area contributed by atoms with Gasteiger partial charge in [0.15, 0.2) is 0 Å². The molecule has 2 unspecified atom stereocenters. The summed E-state index contributed by atoms with van der Waals surface area (Å²) >= 11 is 0. The largest absolute Gasteiger partial charge is 0.465 e. The minimum Gasteiger partial charge on any atom is -0.465 e. The number of aliphatic hydroxyl groups excluding tert-OH is 1. The number of aliphatic hydroxyl groups is 1. The van der Waals surface area contributed by atoms with Gasteiger partial charge in [0, 0.05) is 38.5 Å². The maximum absolute atomic E-state index is 12.9. The van der Waals surface area contributed by atoms with E-state index in [0.717, 1.165) is 58.4 Å². The van der Waals surface area contributed by atoms with E-state index >= 15 is 0 Å². The molecule has 0 aromatic carbocycles. The van der Waals surface area contributed by atoms with Crippen LogP contribution >= 0.6 is 0 Å². The molecule has 0 saturated heterocycles. The van der Waals surface area contributed by atoms with Gasteiger partial charge in [-0.3, -0.25) is 14.5 Å². The Kier molecular flexibility index (Phi) is 41.8. The van der Waals surface area contributed by atoms with Crippen LogP contribution in [0.5, 0.6) is 0 Å². The quantitative estimate of drug-likeness (QED) is 0.0482. The number of unbranched alkanes of at least 4 members (excludes halogenated alkanes) is 22. The van der Waals surface area contributed by atoms with E-state index in [0.29, 0.717) is 43.9 Å². The Balaban J connectivity index is 2.53. The Bertz CT molecular complexity index is 884. The van der Waals surface area contributed by atoms with E-state index in [-0.39, 0.29) is 18.5 Å². The van der Waals surface area contributed by atoms with Crippen molar-refractivity contribution in [2.45, 2.75) is 271 Å². The number of ether oxygens (including phenoxy) is 2. The molecule has 0 aliphatic heterocycles. The van der Waals surface area contributed by atoms with E-state index in [1.165, 1.54) is 199 Å². The second-order valence-corrected chi connectivity index (χ2v) is 19.4. The highest BCUT2D eigenvalue weighted by molar-refractivity contribution is 5.69. The number of rotatable bonds is 48. The first-order valence-corrected chi connectivity index (χ1v) is 27.4. The van der Waals surface area contributed by atoms with Gasteiger partial charge in [-0.15, -0.1) is 0 Å². The van der Waals surface area contributed by atoms with Crippen LogP contribution in [0, 0.1) is 11.8 Å². The lowest BCUT2D eigenvalue weighted by Crippen LogP contribution is -2.45. The van der Waals surface area contributed by atoms with Crippen molar-refractivity contribution in [1.82, 2.24) is 9.80 Å². The standard InChI is InChI=1S/C54H106N2O5/c1-5-9-13-17-19-21-23-27-36-50(34-25-15-11-7-3)48-60-53(58)40-29-31-42-55(44-45-56(46-47-57)52-38-33-39-52)43-32-30-41-54(59)61-49-51(35-26-16-12-8-4)37-28-24-22-20-18-14-10-6-2/h50-52,57H,5-49H2,1-4H3. The zero-order chi connectivity index (χ0) is 44.3. The summed E-state index contributed by atoms with van der Waals surface area (Å²) in [6, 6.07) is 0.607. The molecule has 1 aliphatic carbocycles. The number of hydrogen-bond donors (Lipinski definition) is 1. The molecule has 0 aromatic heterocycles. The molecule has 0 spiro atoms. The topological polar surface area (TPSA) is 79.3 Å². The molecule has 1 N–H and O–H groups in total. The lowest BCUT2D eigenvalue weighted by molar-refractivity contribution is -0.146. The van der Waals surface area contributed by atoms with Crippen molar-refractivity contribution in [2.75, 3.05) is 52.5 Å². The minimum atomic E-state index is -0.0281. The Morgan fingerprint density at radius 2 is 0.820 bits per heavy atom. The maximum atomic E-state index is 12.9. The van der Waals surface area contributed by atoms with Gasteiger partial charge in [-0.1, -0.05) is 188 Å². The highest BCUT2D eigenvalue weighted by atomic mass is 16.5. The van der Waals surface area contributed by atoms with E-state index in [1.54, 1.807) is 0 Å². The highest BCUT2D eigenvalue weighted by Gasteiger charge is 2.25. The number of esters is 2. The van der Waals surface area contributed by atoms with E-state index < -0.39 is 0 Å². The first kappa shape index (κ1) is 57.8. The Labute approximate surface area is 380 Å². The summed E-state index contributed by atoms with van der Waals surface area (Å²) < 4.78 is 11.8. The zero-order valence-corrected chi connectivity index (χ0v) is 41.5. The van der Waals surface area contributed by atoms with Gasteiger partial charge in [-0.2, -0.15) is 0 Å². The third-order valence-electron chi connectivity index (χ3n) is 13.7. The van der Waals surface area contributed by atoms with Gasteiger partial charge < -0.3 is 19.5 Å². The maximum Gasteiger partial charge on any atom is 0.305 e. The van der Waals surface area contributed by atoms with Crippen LogP contribution < -0.4 is 0 Å². The summed E-state index contributed by atoms with van der Waals surface area (Å²) in [6.45, 7) is 15.1. The van der Waals surface area contributed by atoms with Crippen molar-refractivity contribution >= 4 is 11.9 Å². The molecule has 1 fully saturated rings. The molecular weight excluding hydrogens is 757 g/mol. The summed E-state index contributed by atoms with van der Waals surface area (Å²) in [5.74, 6) is 0.949. The highest BCUT2D eigenvalue weighted by Crippen LogP contribution is 2.25. The van der Waals surface area contributed by atoms with Gasteiger partial charge in [0.2, 0.25) is 0 Å². The number of nitrogens with zero attached hydrogens (tertiary/aromatic N) is 2. The van der Waals surface area contributed by atoms with E-state index in [1.807, 2.05) is 0 Å². The fraction of sp³-hybridized carbons (Fsp3) is 0.963. The Hall–Kier alpha value is -1.18. The summed E-state index contributed by atoms with van der Waals surface area (Å²) in [5.41, 5.74) is 0. The van der Waals surface area contributed by atoms with Gasteiger partial charge >= 0.3 is 11.9 Å². The third-order valence-corrected chi connectivity index (χ3v) is 13.7. The molecule has 2 atom stereocenters. The first-order valence-electron chi connectivity index (χ1n) is 27.4. The first-order chi connectivity index (χ1) is 30.0. The van der Waals surface area contributed by atoms with Crippen LogP contribution in [0.25, 0.3) is 0 Å². The van der Waals surface area contributed by atoms with Crippen molar-refractivity contribution in [2.24, 2.45) is 11.8 Å². The molecule has 1 rings (SSSR count). The van der Waals surface area contributed by atoms with Crippen molar-refractivity contribution < 1.29 is 24.2 Å². The predicted molar refractivity (Wildman–Crippen MR) is 261 cm³/mol.